The maximum absolute atomic E-state index is 14.2. The van der Waals surface area contributed by atoms with Crippen molar-refractivity contribution in [3.05, 3.63) is 47.3 Å². The molecule has 160 valence electrons. The molecule has 3 rings (SSSR count). The fourth-order valence-electron chi connectivity index (χ4n) is 3.48. The number of rotatable bonds is 8. The van der Waals surface area contributed by atoms with Crippen molar-refractivity contribution in [1.29, 1.82) is 0 Å². The summed E-state index contributed by atoms with van der Waals surface area (Å²) < 4.78 is 14.2. The zero-order valence-electron chi connectivity index (χ0n) is 16.7. The summed E-state index contributed by atoms with van der Waals surface area (Å²) in [5.74, 6) is -1.63. The molecule has 1 heterocycles. The van der Waals surface area contributed by atoms with E-state index in [0.717, 1.165) is 31.7 Å². The third-order valence-corrected chi connectivity index (χ3v) is 5.01. The summed E-state index contributed by atoms with van der Waals surface area (Å²) in [5.41, 5.74) is 11.7. The average molecular weight is 414 g/mol. The van der Waals surface area contributed by atoms with E-state index in [4.69, 9.17) is 11.5 Å². The molecule has 7 N–H and O–H groups in total. The SMILES string of the molecule is NCCNc1nc(Nc2cccc(C(=O)NC3CCCCC3)c2)c(C(N)=O)cc1F. The number of hydrogen-bond acceptors (Lipinski definition) is 6. The molecule has 1 saturated carbocycles. The van der Waals surface area contributed by atoms with Crippen molar-refractivity contribution in [3.63, 3.8) is 0 Å². The van der Waals surface area contributed by atoms with E-state index in [9.17, 15) is 14.0 Å². The van der Waals surface area contributed by atoms with E-state index in [1.165, 1.54) is 6.42 Å². The van der Waals surface area contributed by atoms with Crippen molar-refractivity contribution >= 4 is 29.1 Å². The number of carbonyl (C=O) groups excluding carboxylic acids is 2. The van der Waals surface area contributed by atoms with Crippen LogP contribution in [-0.2, 0) is 0 Å². The number of anilines is 3. The van der Waals surface area contributed by atoms with E-state index in [2.05, 4.69) is 20.9 Å². The molecule has 1 aliphatic carbocycles. The van der Waals surface area contributed by atoms with Gasteiger partial charge in [-0.15, -0.1) is 0 Å². The minimum Gasteiger partial charge on any atom is -0.366 e. The number of halogens is 1. The number of nitrogens with two attached hydrogens (primary N) is 2. The first-order valence-electron chi connectivity index (χ1n) is 10.1. The normalized spacial score (nSPS) is 14.2. The first-order valence-corrected chi connectivity index (χ1v) is 10.1. The summed E-state index contributed by atoms with van der Waals surface area (Å²) in [4.78, 5) is 28.5. The van der Waals surface area contributed by atoms with Crippen molar-refractivity contribution < 1.29 is 14.0 Å². The highest BCUT2D eigenvalue weighted by Crippen LogP contribution is 2.24. The standard InChI is InChI=1S/C21H27FN6O2/c22-17-12-16(18(24)29)19(28-20(17)25-10-9-23)26-15-8-4-5-13(11-15)21(30)27-14-6-2-1-3-7-14/h4-5,8,11-12,14H,1-3,6-7,9-10,23H2,(H2,24,29)(H,27,30)(H2,25,26,28). The van der Waals surface area contributed by atoms with Gasteiger partial charge in [-0.05, 0) is 37.1 Å². The van der Waals surface area contributed by atoms with Gasteiger partial charge in [0.05, 0.1) is 5.56 Å². The molecule has 0 radical (unpaired) electrons. The number of amides is 2. The fraction of sp³-hybridized carbons (Fsp3) is 0.381. The second-order valence-electron chi connectivity index (χ2n) is 7.31. The molecular formula is C21H27FN6O2. The predicted octanol–water partition coefficient (Wildman–Crippen LogP) is 2.50. The quantitative estimate of drug-likeness (QED) is 0.450. The van der Waals surface area contributed by atoms with Gasteiger partial charge in [0.2, 0.25) is 0 Å². The van der Waals surface area contributed by atoms with Crippen molar-refractivity contribution in [3.8, 4) is 0 Å². The number of nitrogens with one attached hydrogen (secondary N) is 3. The number of primary amides is 1. The summed E-state index contributed by atoms with van der Waals surface area (Å²) >= 11 is 0. The molecule has 2 amide bonds. The highest BCUT2D eigenvalue weighted by molar-refractivity contribution is 5.99. The van der Waals surface area contributed by atoms with E-state index in [-0.39, 0.29) is 29.1 Å². The van der Waals surface area contributed by atoms with Crippen LogP contribution in [-0.4, -0.2) is 35.9 Å². The van der Waals surface area contributed by atoms with Crippen LogP contribution >= 0.6 is 0 Å². The number of benzene rings is 1. The van der Waals surface area contributed by atoms with Gasteiger partial charge < -0.3 is 27.4 Å². The average Bonchev–Trinajstić information content (AvgIpc) is 2.74. The molecule has 1 aromatic heterocycles. The number of aromatic nitrogens is 1. The molecular weight excluding hydrogens is 387 g/mol. The summed E-state index contributed by atoms with van der Waals surface area (Å²) in [5, 5.41) is 8.80. The monoisotopic (exact) mass is 414 g/mol. The maximum Gasteiger partial charge on any atom is 0.252 e. The Kier molecular flexibility index (Phi) is 7.18. The Morgan fingerprint density at radius 2 is 1.90 bits per heavy atom. The largest absolute Gasteiger partial charge is 0.366 e. The number of pyridine rings is 1. The second kappa shape index (κ2) is 10.0. The first kappa shape index (κ1) is 21.5. The van der Waals surface area contributed by atoms with Gasteiger partial charge in [-0.25, -0.2) is 9.37 Å². The molecule has 1 fully saturated rings. The molecule has 0 spiro atoms. The van der Waals surface area contributed by atoms with Gasteiger partial charge in [0.15, 0.2) is 11.6 Å². The predicted molar refractivity (Wildman–Crippen MR) is 114 cm³/mol. The molecule has 0 unspecified atom stereocenters. The minimum absolute atomic E-state index is 0.0425. The van der Waals surface area contributed by atoms with E-state index in [1.807, 2.05) is 0 Å². The smallest absolute Gasteiger partial charge is 0.252 e. The van der Waals surface area contributed by atoms with Gasteiger partial charge in [0, 0.05) is 30.4 Å². The van der Waals surface area contributed by atoms with Crippen LogP contribution < -0.4 is 27.4 Å². The van der Waals surface area contributed by atoms with Crippen LogP contribution in [0.25, 0.3) is 0 Å². The molecule has 0 aliphatic heterocycles. The van der Waals surface area contributed by atoms with Crippen LogP contribution in [0.2, 0.25) is 0 Å². The zero-order valence-corrected chi connectivity index (χ0v) is 16.7. The third-order valence-electron chi connectivity index (χ3n) is 5.01. The Morgan fingerprint density at radius 1 is 1.13 bits per heavy atom. The molecule has 0 atom stereocenters. The third kappa shape index (κ3) is 5.44. The van der Waals surface area contributed by atoms with Gasteiger partial charge in [0.25, 0.3) is 11.8 Å². The van der Waals surface area contributed by atoms with Crippen LogP contribution in [0.3, 0.4) is 0 Å². The van der Waals surface area contributed by atoms with Gasteiger partial charge in [0.1, 0.15) is 5.82 Å². The summed E-state index contributed by atoms with van der Waals surface area (Å²) in [7, 11) is 0. The maximum atomic E-state index is 14.2. The van der Waals surface area contributed by atoms with Crippen molar-refractivity contribution in [2.45, 2.75) is 38.1 Å². The molecule has 8 nitrogen and oxygen atoms in total. The minimum atomic E-state index is -0.819. The van der Waals surface area contributed by atoms with Crippen LogP contribution in [0.1, 0.15) is 52.8 Å². The van der Waals surface area contributed by atoms with Crippen LogP contribution in [0.5, 0.6) is 0 Å². The molecule has 9 heteroatoms. The fourth-order valence-corrected chi connectivity index (χ4v) is 3.48. The summed E-state index contributed by atoms with van der Waals surface area (Å²) in [6.45, 7) is 0.607. The molecule has 0 bridgehead atoms. The topological polar surface area (TPSA) is 135 Å². The lowest BCUT2D eigenvalue weighted by Crippen LogP contribution is -2.36. The van der Waals surface area contributed by atoms with Crippen molar-refractivity contribution in [1.82, 2.24) is 10.3 Å². The lowest BCUT2D eigenvalue weighted by Gasteiger charge is -2.22. The highest BCUT2D eigenvalue weighted by Gasteiger charge is 2.18. The Bertz CT molecular complexity index is 914. The van der Waals surface area contributed by atoms with E-state index < -0.39 is 11.7 Å². The number of carbonyl (C=O) groups is 2. The van der Waals surface area contributed by atoms with Gasteiger partial charge in [-0.1, -0.05) is 25.3 Å². The lowest BCUT2D eigenvalue weighted by atomic mass is 9.95. The van der Waals surface area contributed by atoms with Crippen molar-refractivity contribution in [2.24, 2.45) is 11.5 Å². The van der Waals surface area contributed by atoms with E-state index in [1.54, 1.807) is 24.3 Å². The molecule has 30 heavy (non-hydrogen) atoms. The second-order valence-corrected chi connectivity index (χ2v) is 7.31. The zero-order chi connectivity index (χ0) is 21.5. The van der Waals surface area contributed by atoms with Crippen LogP contribution in [0.15, 0.2) is 30.3 Å². The Morgan fingerprint density at radius 3 is 2.60 bits per heavy atom. The molecule has 1 aromatic carbocycles. The highest BCUT2D eigenvalue weighted by atomic mass is 19.1. The molecule has 0 saturated heterocycles. The van der Waals surface area contributed by atoms with E-state index in [0.29, 0.717) is 24.3 Å². The molecule has 2 aromatic rings. The molecule has 1 aliphatic rings. The Balaban J connectivity index is 1.80. The van der Waals surface area contributed by atoms with E-state index >= 15 is 0 Å². The lowest BCUT2D eigenvalue weighted by molar-refractivity contribution is 0.0926. The van der Waals surface area contributed by atoms with Gasteiger partial charge in [-0.3, -0.25) is 9.59 Å². The van der Waals surface area contributed by atoms with Gasteiger partial charge >= 0.3 is 0 Å². The Labute approximate surface area is 174 Å². The summed E-state index contributed by atoms with van der Waals surface area (Å²) in [6.07, 6.45) is 5.44. The van der Waals surface area contributed by atoms with Gasteiger partial charge in [-0.2, -0.15) is 0 Å². The number of hydrogen-bond donors (Lipinski definition) is 5. The Hall–Kier alpha value is -3.20. The summed E-state index contributed by atoms with van der Waals surface area (Å²) in [6, 6.07) is 8.03. The van der Waals surface area contributed by atoms with Crippen LogP contribution in [0.4, 0.5) is 21.7 Å². The first-order chi connectivity index (χ1) is 14.5. The van der Waals surface area contributed by atoms with Crippen molar-refractivity contribution in [2.75, 3.05) is 23.7 Å². The van der Waals surface area contributed by atoms with Crippen LogP contribution in [0, 0.1) is 5.82 Å². The number of nitrogens with zero attached hydrogens (tertiary/aromatic N) is 1.